The third-order valence-electron chi connectivity index (χ3n) is 3.35. The summed E-state index contributed by atoms with van der Waals surface area (Å²) in [6, 6.07) is 4.27. The molecule has 0 N–H and O–H groups in total. The minimum Gasteiger partial charge on any atom is -0.302 e. The molecule has 1 aliphatic rings. The van der Waals surface area contributed by atoms with Gasteiger partial charge in [0.15, 0.2) is 0 Å². The molecule has 0 aromatic carbocycles. The number of aromatic nitrogens is 3. The summed E-state index contributed by atoms with van der Waals surface area (Å²) >= 11 is 0. The maximum atomic E-state index is 4.58. The predicted octanol–water partition coefficient (Wildman–Crippen LogP) is 1.47. The van der Waals surface area contributed by atoms with Crippen molar-refractivity contribution in [2.45, 2.75) is 13.0 Å². The fourth-order valence-corrected chi connectivity index (χ4v) is 2.36. The first kappa shape index (κ1) is 10.5. The summed E-state index contributed by atoms with van der Waals surface area (Å²) in [5.74, 6) is 0. The summed E-state index contributed by atoms with van der Waals surface area (Å²) in [6.07, 6.45) is 4.83. The normalized spacial score (nSPS) is 15.9. The highest BCUT2D eigenvalue weighted by Crippen LogP contribution is 2.23. The van der Waals surface area contributed by atoms with Crippen LogP contribution in [0.4, 0.5) is 0 Å². The van der Waals surface area contributed by atoms with Crippen molar-refractivity contribution >= 4 is 0 Å². The van der Waals surface area contributed by atoms with Gasteiger partial charge in [-0.05, 0) is 24.7 Å². The smallest absolute Gasteiger partial charge is 0.0694 e. The van der Waals surface area contributed by atoms with Gasteiger partial charge in [-0.1, -0.05) is 0 Å². The Hall–Kier alpha value is -1.68. The molecule has 0 aliphatic carbocycles. The average molecular weight is 228 g/mol. The van der Waals surface area contributed by atoms with Gasteiger partial charge < -0.3 is 4.90 Å². The van der Waals surface area contributed by atoms with Gasteiger partial charge in [0.25, 0.3) is 0 Å². The van der Waals surface area contributed by atoms with E-state index < -0.39 is 0 Å². The zero-order valence-electron chi connectivity index (χ0n) is 10.2. The van der Waals surface area contributed by atoms with Crippen molar-refractivity contribution in [1.82, 2.24) is 19.7 Å². The van der Waals surface area contributed by atoms with Crippen LogP contribution in [0.25, 0.3) is 11.3 Å². The van der Waals surface area contributed by atoms with Gasteiger partial charge in [0.05, 0.1) is 5.69 Å². The van der Waals surface area contributed by atoms with Gasteiger partial charge in [-0.15, -0.1) is 0 Å². The van der Waals surface area contributed by atoms with E-state index in [-0.39, 0.29) is 0 Å². The minimum absolute atomic E-state index is 0.994. The van der Waals surface area contributed by atoms with E-state index in [1.165, 1.54) is 11.3 Å². The summed E-state index contributed by atoms with van der Waals surface area (Å²) < 4.78 is 1.88. The van der Waals surface area contributed by atoms with E-state index >= 15 is 0 Å². The lowest BCUT2D eigenvalue weighted by Crippen LogP contribution is -2.27. The van der Waals surface area contributed by atoms with E-state index in [1.54, 1.807) is 0 Å². The highest BCUT2D eigenvalue weighted by atomic mass is 15.3. The number of rotatable bonds is 1. The molecule has 0 unspecified atom stereocenters. The molecule has 0 fully saturated rings. The summed E-state index contributed by atoms with van der Waals surface area (Å²) in [5.41, 5.74) is 4.86. The molecule has 3 rings (SSSR count). The SMILES string of the molecule is CN1CCc2ncc(-c3ccnn3C)cc2C1. The predicted molar refractivity (Wildman–Crippen MR) is 66.5 cm³/mol. The van der Waals surface area contributed by atoms with Crippen LogP contribution in [0, 0.1) is 0 Å². The second-order valence-electron chi connectivity index (χ2n) is 4.66. The molecule has 88 valence electrons. The van der Waals surface area contributed by atoms with Gasteiger partial charge in [-0.3, -0.25) is 9.67 Å². The fraction of sp³-hybridized carbons (Fsp3) is 0.385. The van der Waals surface area contributed by atoms with Crippen LogP contribution in [0.15, 0.2) is 24.5 Å². The van der Waals surface area contributed by atoms with Crippen molar-refractivity contribution in [2.24, 2.45) is 7.05 Å². The van der Waals surface area contributed by atoms with E-state index in [4.69, 9.17) is 0 Å². The molecule has 0 saturated heterocycles. The number of hydrogen-bond acceptors (Lipinski definition) is 3. The second-order valence-corrected chi connectivity index (χ2v) is 4.66. The average Bonchev–Trinajstić information content (AvgIpc) is 2.74. The number of aryl methyl sites for hydroxylation is 1. The second kappa shape index (κ2) is 3.96. The van der Waals surface area contributed by atoms with E-state index in [0.29, 0.717) is 0 Å². The standard InChI is InChI=1S/C13H16N4/c1-16-6-4-12-11(9-16)7-10(8-14-12)13-3-5-15-17(13)2/h3,5,7-8H,4,6,9H2,1-2H3. The summed E-state index contributed by atoms with van der Waals surface area (Å²) in [6.45, 7) is 2.10. The number of nitrogens with zero attached hydrogens (tertiary/aromatic N) is 4. The third-order valence-corrected chi connectivity index (χ3v) is 3.35. The topological polar surface area (TPSA) is 34.0 Å². The molecule has 2 aromatic rings. The molecule has 0 bridgehead atoms. The van der Waals surface area contributed by atoms with Gasteiger partial charge in [0.2, 0.25) is 0 Å². The van der Waals surface area contributed by atoms with Crippen LogP contribution in [-0.4, -0.2) is 33.3 Å². The van der Waals surface area contributed by atoms with Gasteiger partial charge in [0, 0.05) is 50.2 Å². The lowest BCUT2D eigenvalue weighted by atomic mass is 10.0. The van der Waals surface area contributed by atoms with Crippen LogP contribution >= 0.6 is 0 Å². The molecule has 0 spiro atoms. The minimum atomic E-state index is 0.994. The molecule has 0 radical (unpaired) electrons. The summed E-state index contributed by atoms with van der Waals surface area (Å²) in [5, 5.41) is 4.20. The molecule has 4 heteroatoms. The Morgan fingerprint density at radius 3 is 2.94 bits per heavy atom. The van der Waals surface area contributed by atoms with E-state index in [9.17, 15) is 0 Å². The largest absolute Gasteiger partial charge is 0.302 e. The van der Waals surface area contributed by atoms with Crippen LogP contribution in [0.1, 0.15) is 11.3 Å². The van der Waals surface area contributed by atoms with E-state index in [2.05, 4.69) is 28.1 Å². The lowest BCUT2D eigenvalue weighted by molar-refractivity contribution is 0.310. The summed E-state index contributed by atoms with van der Waals surface area (Å²) in [7, 11) is 4.11. The van der Waals surface area contributed by atoms with Crippen LogP contribution in [0.2, 0.25) is 0 Å². The Bertz CT molecular complexity index is 544. The molecule has 2 aromatic heterocycles. The molecule has 4 nitrogen and oxygen atoms in total. The van der Waals surface area contributed by atoms with Crippen LogP contribution in [0.3, 0.4) is 0 Å². The van der Waals surface area contributed by atoms with Crippen molar-refractivity contribution in [3.05, 3.63) is 35.8 Å². The number of likely N-dealkylation sites (N-methyl/N-ethyl adjacent to an activating group) is 1. The van der Waals surface area contributed by atoms with Gasteiger partial charge in [-0.25, -0.2) is 0 Å². The number of hydrogen-bond donors (Lipinski definition) is 0. The first-order chi connectivity index (χ1) is 8.24. The van der Waals surface area contributed by atoms with Gasteiger partial charge >= 0.3 is 0 Å². The Morgan fingerprint density at radius 2 is 2.18 bits per heavy atom. The van der Waals surface area contributed by atoms with Crippen LogP contribution in [-0.2, 0) is 20.0 Å². The Kier molecular flexibility index (Phi) is 2.44. The van der Waals surface area contributed by atoms with Crippen molar-refractivity contribution in [3.63, 3.8) is 0 Å². The lowest BCUT2D eigenvalue weighted by Gasteiger charge is -2.24. The molecular formula is C13H16N4. The third kappa shape index (κ3) is 1.85. The quantitative estimate of drug-likeness (QED) is 0.741. The zero-order valence-corrected chi connectivity index (χ0v) is 10.2. The number of fused-ring (bicyclic) bond motifs is 1. The first-order valence-corrected chi connectivity index (χ1v) is 5.89. The molecular weight excluding hydrogens is 212 g/mol. The van der Waals surface area contributed by atoms with Crippen molar-refractivity contribution in [2.75, 3.05) is 13.6 Å². The van der Waals surface area contributed by atoms with Gasteiger partial charge in [-0.2, -0.15) is 5.10 Å². The fourth-order valence-electron chi connectivity index (χ4n) is 2.36. The van der Waals surface area contributed by atoms with Crippen LogP contribution in [0.5, 0.6) is 0 Å². The molecule has 1 aliphatic heterocycles. The van der Waals surface area contributed by atoms with Crippen LogP contribution < -0.4 is 0 Å². The highest BCUT2D eigenvalue weighted by molar-refractivity contribution is 5.59. The van der Waals surface area contributed by atoms with Crippen molar-refractivity contribution in [1.29, 1.82) is 0 Å². The van der Waals surface area contributed by atoms with Crippen molar-refractivity contribution in [3.8, 4) is 11.3 Å². The molecule has 0 atom stereocenters. The maximum Gasteiger partial charge on any atom is 0.0694 e. The van der Waals surface area contributed by atoms with E-state index in [0.717, 1.165) is 30.8 Å². The van der Waals surface area contributed by atoms with Gasteiger partial charge in [0.1, 0.15) is 0 Å². The maximum absolute atomic E-state index is 4.58. The highest BCUT2D eigenvalue weighted by Gasteiger charge is 2.15. The molecule has 0 amide bonds. The Morgan fingerprint density at radius 1 is 1.29 bits per heavy atom. The first-order valence-electron chi connectivity index (χ1n) is 5.89. The molecule has 17 heavy (non-hydrogen) atoms. The van der Waals surface area contributed by atoms with E-state index in [1.807, 2.05) is 30.2 Å². The Labute approximate surface area is 101 Å². The zero-order chi connectivity index (χ0) is 11.8. The molecule has 3 heterocycles. The number of pyridine rings is 1. The van der Waals surface area contributed by atoms with Crippen molar-refractivity contribution < 1.29 is 0 Å². The summed E-state index contributed by atoms with van der Waals surface area (Å²) in [4.78, 5) is 6.91. The Balaban J connectivity index is 2.04. The molecule has 0 saturated carbocycles. The monoisotopic (exact) mass is 228 g/mol.